The number of carbonyl (C=O) groups is 7. The molecule has 13 rings (SSSR count). The fourth-order valence-electron chi connectivity index (χ4n) is 10.4. The zero-order chi connectivity index (χ0) is 64.5. The third-order valence-electron chi connectivity index (χ3n) is 14.7. The molecule has 6 aliphatic heterocycles. The molecule has 32 heteroatoms. The Bertz CT molecular complexity index is 4390. The third kappa shape index (κ3) is 12.2. The summed E-state index contributed by atoms with van der Waals surface area (Å²) in [4.78, 5) is 104. The van der Waals surface area contributed by atoms with E-state index in [0.717, 1.165) is 91.0 Å². The molecule has 464 valence electrons. The van der Waals surface area contributed by atoms with E-state index in [1.807, 2.05) is 0 Å². The van der Waals surface area contributed by atoms with Gasteiger partial charge in [-0.25, -0.2) is 4.79 Å². The summed E-state index contributed by atoms with van der Waals surface area (Å²) in [5, 5.41) is 93.3. The largest absolute Gasteiger partial charge is 0.508 e. The Hall–Kier alpha value is -10.3. The van der Waals surface area contributed by atoms with Crippen molar-refractivity contribution in [3.05, 3.63) is 163 Å². The molecule has 8 atom stereocenters. The van der Waals surface area contributed by atoms with E-state index in [9.17, 15) is 67.9 Å². The number of hydrogen-bond donors (Lipinski definition) is 15. The monoisotopic (exact) mass is 1310 g/mol. The third-order valence-corrected chi connectivity index (χ3v) is 16.0. The highest BCUT2D eigenvalue weighted by Gasteiger charge is 2.42. The number of nitrogens with two attached hydrogens (primary N) is 1. The van der Waals surface area contributed by atoms with Crippen molar-refractivity contribution in [1.29, 1.82) is 0 Å². The highest BCUT2D eigenvalue weighted by molar-refractivity contribution is 7.81. The van der Waals surface area contributed by atoms with E-state index in [4.69, 9.17) is 58.9 Å². The molecule has 6 amide bonds. The van der Waals surface area contributed by atoms with Crippen molar-refractivity contribution in [2.24, 2.45) is 5.73 Å². The SMILES string of the molecule is N[C@H]1C(=O)N[C@@H]2Cc3ccc(c(Cl)c3)Oc3cc4cc(c3O)Oc3ccc(cc3Cl)[C@@H](O)[C@@H]3NC(=O)[C@H](NC(=O)[C@@H]4NC(=O)[C@@H](NC2=O)c2cc(O)cc(c2)Oc2cc1ccc2OS(=O)(=O)O)c1cc(Cl)c(O)c(c1)-c1c(O)cc(O)cc1[C@@H](C(=O)O)NC3=O. The number of rotatable bonds is 3. The van der Waals surface area contributed by atoms with Gasteiger partial charge >= 0.3 is 16.4 Å². The second-order valence-electron chi connectivity index (χ2n) is 20.7. The number of halogens is 3. The number of ether oxygens (including phenoxy) is 3. The molecule has 90 heavy (non-hydrogen) atoms. The number of fused-ring (bicyclic) bond motifs is 14. The minimum Gasteiger partial charge on any atom is -0.508 e. The first kappa shape index (κ1) is 61.4. The minimum atomic E-state index is -5.27. The number of aromatic hydroxyl groups is 5. The molecule has 0 aromatic heterocycles. The average Bonchev–Trinajstić information content (AvgIpc) is 0.775. The number of carbonyl (C=O) groups excluding carboxylic acids is 6. The first-order chi connectivity index (χ1) is 42.6. The normalized spacial score (nSPS) is 21.6. The standard InChI is InChI=1S/C58H44Cl3N7O21S/c59-31-7-20-1-4-36(31)87-40-15-25-16-41(51(40)74)88-37-5-3-22(12-32(37)60)49(72)48-57(80)67-47(58(81)82)29-18-27(70)19-35(71)42(29)30-11-24(13-33(61)50(30)73)45(56(79)68-48)65-55(78)46(25)66-54(77)44-23-9-26(69)17-28(10-23)86-39-14-21(2-6-38(39)89-90(83,84)85)43(62)53(76)63-34(8-20)52(75)64-44/h1-7,9-19,34,43-49,69-74H,8,62H2,(H,63,76)(H,64,75)(H,65,78)(H,66,77)(H,67,80)(H,68,79)(H,81,82)(H,83,84,85)/t34-,43-,44+,45-,46-,47+,48+,49-/m1/s1. The summed E-state index contributed by atoms with van der Waals surface area (Å²) in [5.41, 5.74) is 3.40. The highest BCUT2D eigenvalue weighted by atomic mass is 35.5. The summed E-state index contributed by atoms with van der Waals surface area (Å²) in [6, 6.07) is 4.56. The van der Waals surface area contributed by atoms with Gasteiger partial charge in [-0.1, -0.05) is 53.0 Å². The van der Waals surface area contributed by atoms with Gasteiger partial charge in [0.15, 0.2) is 29.0 Å². The lowest BCUT2D eigenvalue weighted by atomic mass is 9.89. The van der Waals surface area contributed by atoms with E-state index in [0.29, 0.717) is 0 Å². The Morgan fingerprint density at radius 2 is 1.11 bits per heavy atom. The number of benzene rings is 7. The maximum Gasteiger partial charge on any atom is 0.446 e. The number of aliphatic hydroxyl groups excluding tert-OH is 1. The predicted molar refractivity (Wildman–Crippen MR) is 310 cm³/mol. The van der Waals surface area contributed by atoms with Crippen LogP contribution in [0.3, 0.4) is 0 Å². The second-order valence-corrected chi connectivity index (χ2v) is 23.0. The van der Waals surface area contributed by atoms with Crippen LogP contribution in [0.2, 0.25) is 15.1 Å². The lowest BCUT2D eigenvalue weighted by molar-refractivity contribution is -0.143. The fraction of sp³-hybridized carbons (Fsp3) is 0.155. The van der Waals surface area contributed by atoms with Crippen LogP contribution in [-0.2, 0) is 50.4 Å². The Labute approximate surface area is 520 Å². The van der Waals surface area contributed by atoms with Gasteiger partial charge in [-0.2, -0.15) is 8.42 Å². The molecule has 0 aliphatic carbocycles. The summed E-state index contributed by atoms with van der Waals surface area (Å²) >= 11 is 20.3. The summed E-state index contributed by atoms with van der Waals surface area (Å²) in [5.74, 6) is -17.0. The van der Waals surface area contributed by atoms with Crippen LogP contribution in [0, 0.1) is 0 Å². The zero-order valence-corrected chi connectivity index (χ0v) is 48.3. The summed E-state index contributed by atoms with van der Waals surface area (Å²) in [6.45, 7) is 0. The number of carboxylic acids is 1. The Balaban J connectivity index is 1.15. The van der Waals surface area contributed by atoms with Crippen LogP contribution in [-0.4, -0.2) is 102 Å². The van der Waals surface area contributed by atoms with Crippen molar-refractivity contribution in [3.63, 3.8) is 0 Å². The predicted octanol–water partition coefficient (Wildman–Crippen LogP) is 5.11. The van der Waals surface area contributed by atoms with Crippen LogP contribution in [0.1, 0.15) is 75.3 Å². The first-order valence-electron chi connectivity index (χ1n) is 26.3. The summed E-state index contributed by atoms with van der Waals surface area (Å²) in [6.07, 6.45) is -2.62. The van der Waals surface area contributed by atoms with Crippen LogP contribution in [0.25, 0.3) is 11.1 Å². The minimum absolute atomic E-state index is 0.0722. The number of carboxylic acid groups (broad SMARTS) is 1. The molecule has 16 N–H and O–H groups in total. The van der Waals surface area contributed by atoms with E-state index in [1.165, 1.54) is 18.2 Å². The van der Waals surface area contributed by atoms with Crippen LogP contribution in [0.5, 0.6) is 69.0 Å². The Morgan fingerprint density at radius 3 is 1.74 bits per heavy atom. The van der Waals surface area contributed by atoms with Gasteiger partial charge in [-0.05, 0) is 112 Å². The molecule has 0 spiro atoms. The van der Waals surface area contributed by atoms with Crippen molar-refractivity contribution in [1.82, 2.24) is 31.9 Å². The molecule has 0 saturated heterocycles. The molecular weight excluding hydrogens is 1270 g/mol. The number of amides is 6. The molecular formula is C58H44Cl3N7O21S. The summed E-state index contributed by atoms with van der Waals surface area (Å²) < 4.78 is 56.8. The second kappa shape index (κ2) is 23.7. The molecule has 0 unspecified atom stereocenters. The Kier molecular flexibility index (Phi) is 16.2. The molecule has 7 aromatic rings. The topological polar surface area (TPSA) is 451 Å². The molecule has 0 fully saturated rings. The van der Waals surface area contributed by atoms with Crippen molar-refractivity contribution in [2.75, 3.05) is 0 Å². The molecule has 6 heterocycles. The van der Waals surface area contributed by atoms with E-state index in [1.54, 1.807) is 0 Å². The number of nitrogens with one attached hydrogen (secondary N) is 6. The highest BCUT2D eigenvalue weighted by Crippen LogP contribution is 2.49. The van der Waals surface area contributed by atoms with Crippen molar-refractivity contribution >= 4 is 86.6 Å². The van der Waals surface area contributed by atoms with E-state index in [2.05, 4.69) is 31.9 Å². The molecule has 28 nitrogen and oxygen atoms in total. The lowest BCUT2D eigenvalue weighted by Gasteiger charge is -2.31. The van der Waals surface area contributed by atoms with Gasteiger partial charge in [0.2, 0.25) is 41.2 Å². The van der Waals surface area contributed by atoms with Crippen LogP contribution in [0.4, 0.5) is 0 Å². The maximum atomic E-state index is 15.8. The number of aliphatic carboxylic acids is 1. The van der Waals surface area contributed by atoms with Gasteiger partial charge < -0.3 is 91.8 Å². The van der Waals surface area contributed by atoms with Crippen molar-refractivity contribution in [2.45, 2.75) is 54.8 Å². The van der Waals surface area contributed by atoms with E-state index in [-0.39, 0.29) is 43.8 Å². The summed E-state index contributed by atoms with van der Waals surface area (Å²) in [7, 11) is -5.27. The van der Waals surface area contributed by atoms with Crippen LogP contribution < -0.4 is 56.0 Å². The van der Waals surface area contributed by atoms with Gasteiger partial charge in [0.25, 0.3) is 0 Å². The molecule has 0 radical (unpaired) electrons. The zero-order valence-electron chi connectivity index (χ0n) is 45.2. The Morgan fingerprint density at radius 1 is 0.544 bits per heavy atom. The first-order valence-corrected chi connectivity index (χ1v) is 28.8. The van der Waals surface area contributed by atoms with Gasteiger partial charge in [0, 0.05) is 35.2 Å². The lowest BCUT2D eigenvalue weighted by Crippen LogP contribution is -2.55. The fourth-order valence-corrected chi connectivity index (χ4v) is 11.5. The average molecular weight is 1310 g/mol. The molecule has 17 bridgehead atoms. The van der Waals surface area contributed by atoms with Gasteiger partial charge in [0.1, 0.15) is 82.6 Å². The number of hydrogen-bond acceptors (Lipinski definition) is 20. The van der Waals surface area contributed by atoms with E-state index < -0.39 is 197 Å². The van der Waals surface area contributed by atoms with Crippen molar-refractivity contribution < 1.29 is 101 Å². The van der Waals surface area contributed by atoms with Crippen LogP contribution >= 0.6 is 34.8 Å². The van der Waals surface area contributed by atoms with Gasteiger partial charge in [-0.3, -0.25) is 33.3 Å². The van der Waals surface area contributed by atoms with Gasteiger partial charge in [0.05, 0.1) is 15.1 Å². The van der Waals surface area contributed by atoms with Crippen molar-refractivity contribution in [3.8, 4) is 80.1 Å². The number of phenols is 5. The smallest absolute Gasteiger partial charge is 0.446 e. The number of phenolic OH excluding ortho intramolecular Hbond substituents is 5. The van der Waals surface area contributed by atoms with E-state index >= 15 is 14.4 Å². The molecule has 6 aliphatic rings. The quantitative estimate of drug-likeness (QED) is 0.102. The maximum absolute atomic E-state index is 15.8. The molecule has 7 aromatic carbocycles. The van der Waals surface area contributed by atoms with Gasteiger partial charge in [-0.15, -0.1) is 0 Å². The number of aliphatic hydroxyl groups is 1. The molecule has 0 saturated carbocycles. The van der Waals surface area contributed by atoms with Crippen LogP contribution in [0.15, 0.2) is 109 Å².